The molecule has 0 spiro atoms. The molecule has 0 aromatic heterocycles. The molecule has 4 amide bonds. The third-order valence-corrected chi connectivity index (χ3v) is 6.91. The lowest BCUT2D eigenvalue weighted by Crippen LogP contribution is -2.59. The summed E-state index contributed by atoms with van der Waals surface area (Å²) in [7, 11) is 0. The number of halogens is 2. The Balaban J connectivity index is 0.00000484. The van der Waals surface area contributed by atoms with Crippen molar-refractivity contribution in [1.82, 2.24) is 21.3 Å². The van der Waals surface area contributed by atoms with Gasteiger partial charge < -0.3 is 53.8 Å². The van der Waals surface area contributed by atoms with Gasteiger partial charge >= 0.3 is 0 Å². The predicted molar refractivity (Wildman–Crippen MR) is 168 cm³/mol. The SMILES string of the molecule is Cl.Cl.NCCC[C@@H]1NC(=O)[C@@H](N)Cc2cc(ccc2O)-c2ccc(O)c(c2)C[C@@H](C(=O)N[C@@H](CO)C(=O)NCCN)NC1=O. The fourth-order valence-corrected chi connectivity index (χ4v) is 4.54. The second kappa shape index (κ2) is 18.2. The van der Waals surface area contributed by atoms with Gasteiger partial charge in [-0.05, 0) is 65.9 Å². The van der Waals surface area contributed by atoms with Gasteiger partial charge in [0.1, 0.15) is 29.6 Å². The number of aliphatic hydroxyl groups excluding tert-OH is 1. The van der Waals surface area contributed by atoms with Crippen LogP contribution >= 0.6 is 24.8 Å². The first-order valence-corrected chi connectivity index (χ1v) is 13.7. The van der Waals surface area contributed by atoms with E-state index in [0.717, 1.165) is 0 Å². The molecule has 0 unspecified atom stereocenters. The maximum absolute atomic E-state index is 13.4. The summed E-state index contributed by atoms with van der Waals surface area (Å²) in [5.74, 6) is -3.06. The summed E-state index contributed by atoms with van der Waals surface area (Å²) in [5.41, 5.74) is 19.2. The molecule has 244 valence electrons. The fraction of sp³-hybridized carbons (Fsp3) is 0.429. The van der Waals surface area contributed by atoms with Gasteiger partial charge in [-0.1, -0.05) is 12.1 Å². The molecule has 0 saturated heterocycles. The van der Waals surface area contributed by atoms with Gasteiger partial charge in [-0.3, -0.25) is 19.2 Å². The summed E-state index contributed by atoms with van der Waals surface area (Å²) in [6, 6.07) is 4.59. The molecule has 2 aromatic carbocycles. The average Bonchev–Trinajstić information content (AvgIpc) is 2.97. The van der Waals surface area contributed by atoms with Crippen molar-refractivity contribution in [3.8, 4) is 22.6 Å². The number of fused-ring (bicyclic) bond motifs is 5. The van der Waals surface area contributed by atoms with Gasteiger partial charge in [-0.15, -0.1) is 24.8 Å². The molecular weight excluding hydrogens is 617 g/mol. The minimum atomic E-state index is -1.33. The number of aromatic hydroxyl groups is 2. The Kier molecular flexibility index (Phi) is 15.9. The van der Waals surface area contributed by atoms with E-state index < -0.39 is 54.4 Å². The zero-order chi connectivity index (χ0) is 30.8. The lowest BCUT2D eigenvalue weighted by atomic mass is 9.95. The minimum absolute atomic E-state index is 0. The molecule has 13 N–H and O–H groups in total. The number of nitrogens with one attached hydrogen (secondary N) is 4. The maximum Gasteiger partial charge on any atom is 0.245 e. The molecule has 16 heteroatoms. The molecule has 1 aliphatic heterocycles. The molecule has 0 fully saturated rings. The second-order valence-electron chi connectivity index (χ2n) is 10.1. The predicted octanol–water partition coefficient (Wildman–Crippen LogP) is -1.71. The third kappa shape index (κ3) is 10.2. The van der Waals surface area contributed by atoms with Gasteiger partial charge in [0.2, 0.25) is 23.6 Å². The molecule has 44 heavy (non-hydrogen) atoms. The van der Waals surface area contributed by atoms with E-state index in [2.05, 4.69) is 21.3 Å². The van der Waals surface area contributed by atoms with E-state index in [1.54, 1.807) is 24.3 Å². The Morgan fingerprint density at radius 2 is 1.50 bits per heavy atom. The van der Waals surface area contributed by atoms with Crippen LogP contribution in [0.25, 0.3) is 11.1 Å². The van der Waals surface area contributed by atoms with Crippen LogP contribution in [0.2, 0.25) is 0 Å². The van der Waals surface area contributed by atoms with Crippen molar-refractivity contribution in [3.05, 3.63) is 47.5 Å². The highest BCUT2D eigenvalue weighted by Gasteiger charge is 2.31. The van der Waals surface area contributed by atoms with Gasteiger partial charge in [0.15, 0.2) is 0 Å². The van der Waals surface area contributed by atoms with Crippen LogP contribution in [0.1, 0.15) is 24.0 Å². The molecule has 1 aliphatic rings. The summed E-state index contributed by atoms with van der Waals surface area (Å²) in [5, 5.41) is 41.0. The molecule has 2 aromatic rings. The zero-order valence-corrected chi connectivity index (χ0v) is 25.6. The highest BCUT2D eigenvalue weighted by Crippen LogP contribution is 2.30. The summed E-state index contributed by atoms with van der Waals surface area (Å²) < 4.78 is 0. The number of phenols is 2. The number of phenolic OH excluding ortho intramolecular Hbond substituents is 2. The van der Waals surface area contributed by atoms with Crippen molar-refractivity contribution in [2.24, 2.45) is 17.2 Å². The largest absolute Gasteiger partial charge is 0.508 e. The summed E-state index contributed by atoms with van der Waals surface area (Å²) >= 11 is 0. The van der Waals surface area contributed by atoms with E-state index in [1.807, 2.05) is 0 Å². The molecule has 4 bridgehead atoms. The molecule has 14 nitrogen and oxygen atoms in total. The third-order valence-electron chi connectivity index (χ3n) is 6.91. The smallest absolute Gasteiger partial charge is 0.245 e. The van der Waals surface area contributed by atoms with E-state index in [1.165, 1.54) is 12.1 Å². The number of rotatable bonds is 9. The molecule has 0 aliphatic carbocycles. The van der Waals surface area contributed by atoms with E-state index in [9.17, 15) is 34.5 Å². The number of carbonyl (C=O) groups is 4. The van der Waals surface area contributed by atoms with E-state index >= 15 is 0 Å². The van der Waals surface area contributed by atoms with E-state index in [-0.39, 0.29) is 75.2 Å². The number of aliphatic hydroxyl groups is 1. The first-order chi connectivity index (χ1) is 20.1. The normalized spacial score (nSPS) is 19.0. The summed E-state index contributed by atoms with van der Waals surface area (Å²) in [4.78, 5) is 52.3. The second-order valence-corrected chi connectivity index (χ2v) is 10.1. The topological polar surface area (TPSA) is 255 Å². The van der Waals surface area contributed by atoms with Crippen LogP contribution in [0.4, 0.5) is 0 Å². The van der Waals surface area contributed by atoms with Gasteiger partial charge in [0.25, 0.3) is 0 Å². The Morgan fingerprint density at radius 1 is 0.909 bits per heavy atom. The van der Waals surface area contributed by atoms with E-state index in [0.29, 0.717) is 28.7 Å². The molecule has 0 radical (unpaired) electrons. The first kappa shape index (κ1) is 38.4. The van der Waals surface area contributed by atoms with Crippen molar-refractivity contribution in [1.29, 1.82) is 0 Å². The van der Waals surface area contributed by atoms with Crippen molar-refractivity contribution in [2.75, 3.05) is 26.2 Å². The monoisotopic (exact) mass is 657 g/mol. The Morgan fingerprint density at radius 3 is 2.05 bits per heavy atom. The van der Waals surface area contributed by atoms with Crippen molar-refractivity contribution >= 4 is 48.4 Å². The van der Waals surface area contributed by atoms with Crippen molar-refractivity contribution in [3.63, 3.8) is 0 Å². The molecular formula is C28H41Cl2N7O7. The van der Waals surface area contributed by atoms with Crippen LogP contribution < -0.4 is 38.5 Å². The van der Waals surface area contributed by atoms with E-state index in [4.69, 9.17) is 17.2 Å². The number of nitrogens with two attached hydrogens (primary N) is 3. The van der Waals surface area contributed by atoms with Gasteiger partial charge in [-0.2, -0.15) is 0 Å². The highest BCUT2D eigenvalue weighted by atomic mass is 35.5. The Bertz CT molecular complexity index is 1300. The lowest BCUT2D eigenvalue weighted by molar-refractivity contribution is -0.134. The highest BCUT2D eigenvalue weighted by molar-refractivity contribution is 5.95. The first-order valence-electron chi connectivity index (χ1n) is 13.7. The van der Waals surface area contributed by atoms with Crippen LogP contribution in [-0.2, 0) is 32.0 Å². The Labute approximate surface area is 267 Å². The van der Waals surface area contributed by atoms with Crippen LogP contribution in [-0.4, -0.2) is 89.4 Å². The number of amides is 4. The van der Waals surface area contributed by atoms with Crippen molar-refractivity contribution < 1.29 is 34.5 Å². The quantitative estimate of drug-likeness (QED) is 0.146. The number of benzene rings is 2. The number of hydrogen-bond acceptors (Lipinski definition) is 10. The summed E-state index contributed by atoms with van der Waals surface area (Å²) in [6.45, 7) is -0.225. The molecule has 0 saturated carbocycles. The Hall–Kier alpha value is -3.66. The van der Waals surface area contributed by atoms with Gasteiger partial charge in [0.05, 0.1) is 12.6 Å². The number of carbonyl (C=O) groups excluding carboxylic acids is 4. The van der Waals surface area contributed by atoms with Crippen LogP contribution in [0.5, 0.6) is 11.5 Å². The maximum atomic E-state index is 13.4. The average molecular weight is 659 g/mol. The minimum Gasteiger partial charge on any atom is -0.508 e. The van der Waals surface area contributed by atoms with Gasteiger partial charge in [0, 0.05) is 25.9 Å². The molecule has 1 heterocycles. The summed E-state index contributed by atoms with van der Waals surface area (Å²) in [6.07, 6.45) is 0.269. The van der Waals surface area contributed by atoms with Gasteiger partial charge in [-0.25, -0.2) is 0 Å². The van der Waals surface area contributed by atoms with Crippen LogP contribution in [0.3, 0.4) is 0 Å². The fourth-order valence-electron chi connectivity index (χ4n) is 4.54. The van der Waals surface area contributed by atoms with Crippen molar-refractivity contribution in [2.45, 2.75) is 49.9 Å². The van der Waals surface area contributed by atoms with Crippen LogP contribution in [0, 0.1) is 0 Å². The zero-order valence-electron chi connectivity index (χ0n) is 24.0. The lowest BCUT2D eigenvalue weighted by Gasteiger charge is -2.26. The standard InChI is InChI=1S/C28H39N7O7.2ClH/c29-7-1-2-20-27(41)34-21(28(42)35-22(14-36)26(40)32-9-8-30)13-18-11-16(4-6-24(18)38)15-3-5-23(37)17(10-15)12-19(31)25(39)33-20;;/h3-6,10-11,19-22,36-38H,1-2,7-9,12-14,29-31H2,(H,32,40)(H,33,39)(H,34,41)(H,35,42);2*1H/t19-,20-,21-,22-;;/m0../s1. The molecule has 3 rings (SSSR count). The number of hydrogen-bond donors (Lipinski definition) is 10. The molecule has 4 atom stereocenters. The van der Waals surface area contributed by atoms with Crippen LogP contribution in [0.15, 0.2) is 36.4 Å².